The summed E-state index contributed by atoms with van der Waals surface area (Å²) >= 11 is 0. The first-order valence-electron chi connectivity index (χ1n) is 10.9. The van der Waals surface area contributed by atoms with Crippen molar-refractivity contribution in [1.82, 2.24) is 33.7 Å². The van der Waals surface area contributed by atoms with E-state index in [0.29, 0.717) is 43.3 Å². The molecular formula is C22H23N7O3S. The SMILES string of the molecule is CC1(C)CCOc2nc3cnc(Cc4ccnc(-c5cnn(S(=O)(=O)C6CC6)c5)n4)cc3n21. The summed E-state index contributed by atoms with van der Waals surface area (Å²) in [5.41, 5.74) is 3.89. The highest BCUT2D eigenvalue weighted by atomic mass is 32.2. The van der Waals surface area contributed by atoms with Crippen molar-refractivity contribution in [3.8, 4) is 17.4 Å². The van der Waals surface area contributed by atoms with Gasteiger partial charge in [0.05, 0.1) is 47.2 Å². The van der Waals surface area contributed by atoms with Crippen LogP contribution in [0.15, 0.2) is 36.9 Å². The van der Waals surface area contributed by atoms with Gasteiger partial charge >= 0.3 is 0 Å². The fraction of sp³-hybridized carbons (Fsp3) is 0.409. The first-order valence-corrected chi connectivity index (χ1v) is 12.4. The number of pyridine rings is 1. The van der Waals surface area contributed by atoms with Crippen LogP contribution in [-0.2, 0) is 22.0 Å². The number of aromatic nitrogens is 7. The van der Waals surface area contributed by atoms with E-state index in [4.69, 9.17) is 4.74 Å². The molecule has 0 bridgehead atoms. The smallest absolute Gasteiger partial charge is 0.297 e. The third kappa shape index (κ3) is 3.47. The molecular weight excluding hydrogens is 442 g/mol. The lowest BCUT2D eigenvalue weighted by molar-refractivity contribution is 0.152. The molecule has 4 aromatic rings. The summed E-state index contributed by atoms with van der Waals surface area (Å²) in [5.74, 6) is 0.432. The number of imidazole rings is 1. The fourth-order valence-corrected chi connectivity index (χ4v) is 5.66. The van der Waals surface area contributed by atoms with Crippen molar-refractivity contribution in [1.29, 1.82) is 0 Å². The van der Waals surface area contributed by atoms with E-state index in [0.717, 1.165) is 32.9 Å². The molecule has 2 aliphatic rings. The number of ether oxygens (including phenoxy) is 1. The van der Waals surface area contributed by atoms with Gasteiger partial charge in [-0.25, -0.2) is 18.4 Å². The van der Waals surface area contributed by atoms with E-state index in [2.05, 4.69) is 43.4 Å². The minimum absolute atomic E-state index is 0.0933. The van der Waals surface area contributed by atoms with E-state index in [1.54, 1.807) is 12.4 Å². The van der Waals surface area contributed by atoms with Gasteiger partial charge in [-0.05, 0) is 38.8 Å². The highest BCUT2D eigenvalue weighted by Gasteiger charge is 2.37. The van der Waals surface area contributed by atoms with Crippen molar-refractivity contribution in [2.75, 3.05) is 6.61 Å². The first kappa shape index (κ1) is 20.3. The first-order chi connectivity index (χ1) is 15.8. The average molecular weight is 466 g/mol. The van der Waals surface area contributed by atoms with E-state index < -0.39 is 10.0 Å². The van der Waals surface area contributed by atoms with Gasteiger partial charge in [-0.3, -0.25) is 9.55 Å². The Morgan fingerprint density at radius 1 is 1.15 bits per heavy atom. The number of fused-ring (bicyclic) bond motifs is 3. The van der Waals surface area contributed by atoms with Crippen molar-refractivity contribution < 1.29 is 13.2 Å². The Kier molecular flexibility index (Phi) is 4.35. The van der Waals surface area contributed by atoms with Gasteiger partial charge < -0.3 is 4.74 Å². The predicted octanol–water partition coefficient (Wildman–Crippen LogP) is 2.53. The minimum atomic E-state index is -3.42. The molecule has 33 heavy (non-hydrogen) atoms. The van der Waals surface area contributed by atoms with Crippen LogP contribution in [0.25, 0.3) is 22.4 Å². The van der Waals surface area contributed by atoms with E-state index in [-0.39, 0.29) is 10.8 Å². The molecule has 0 unspecified atom stereocenters. The van der Waals surface area contributed by atoms with E-state index in [1.807, 2.05) is 12.1 Å². The van der Waals surface area contributed by atoms with Crippen LogP contribution in [0.2, 0.25) is 0 Å². The van der Waals surface area contributed by atoms with E-state index in [9.17, 15) is 8.42 Å². The van der Waals surface area contributed by atoms with Crippen LogP contribution in [0.3, 0.4) is 0 Å². The van der Waals surface area contributed by atoms with Gasteiger partial charge in [0.25, 0.3) is 16.0 Å². The van der Waals surface area contributed by atoms with Gasteiger partial charge in [-0.15, -0.1) is 0 Å². The van der Waals surface area contributed by atoms with Crippen molar-refractivity contribution in [3.63, 3.8) is 0 Å². The zero-order chi connectivity index (χ0) is 22.8. The zero-order valence-electron chi connectivity index (χ0n) is 18.3. The summed E-state index contributed by atoms with van der Waals surface area (Å²) in [6, 6.07) is 4.49. The van der Waals surface area contributed by atoms with Crippen molar-refractivity contribution in [3.05, 3.63) is 48.3 Å². The molecule has 10 nitrogen and oxygen atoms in total. The molecule has 0 radical (unpaired) electrons. The molecule has 4 aromatic heterocycles. The molecule has 0 spiro atoms. The molecule has 0 atom stereocenters. The number of hydrogen-bond acceptors (Lipinski definition) is 8. The van der Waals surface area contributed by atoms with Crippen LogP contribution >= 0.6 is 0 Å². The Morgan fingerprint density at radius 2 is 2.00 bits per heavy atom. The second-order valence-electron chi connectivity index (χ2n) is 9.20. The Hall–Kier alpha value is -3.34. The summed E-state index contributed by atoms with van der Waals surface area (Å²) in [6.07, 6.45) is 9.19. The quantitative estimate of drug-likeness (QED) is 0.441. The minimum Gasteiger partial charge on any atom is -0.465 e. The second-order valence-corrected chi connectivity index (χ2v) is 11.3. The van der Waals surface area contributed by atoms with Crippen LogP contribution in [0.4, 0.5) is 0 Å². The second kappa shape index (κ2) is 7.08. The Balaban J connectivity index is 1.30. The number of nitrogens with zero attached hydrogens (tertiary/aromatic N) is 7. The molecule has 0 amide bonds. The van der Waals surface area contributed by atoms with E-state index >= 15 is 0 Å². The van der Waals surface area contributed by atoms with Crippen LogP contribution in [0.1, 0.15) is 44.5 Å². The van der Waals surface area contributed by atoms with Gasteiger partial charge in [0, 0.05) is 30.3 Å². The van der Waals surface area contributed by atoms with Crippen molar-refractivity contribution in [2.24, 2.45) is 0 Å². The largest absolute Gasteiger partial charge is 0.465 e. The summed E-state index contributed by atoms with van der Waals surface area (Å²) < 4.78 is 33.8. The lowest BCUT2D eigenvalue weighted by atomic mass is 9.99. The molecule has 1 fully saturated rings. The summed E-state index contributed by atoms with van der Waals surface area (Å²) in [4.78, 5) is 18.1. The lowest BCUT2D eigenvalue weighted by Gasteiger charge is -2.32. The third-order valence-corrected chi connectivity index (χ3v) is 8.25. The molecule has 0 aromatic carbocycles. The summed E-state index contributed by atoms with van der Waals surface area (Å²) in [5, 5.41) is 3.71. The molecule has 1 saturated carbocycles. The predicted molar refractivity (Wildman–Crippen MR) is 120 cm³/mol. The van der Waals surface area contributed by atoms with E-state index in [1.165, 1.54) is 12.4 Å². The van der Waals surface area contributed by atoms with Crippen molar-refractivity contribution >= 4 is 21.1 Å². The molecule has 5 heterocycles. The maximum Gasteiger partial charge on any atom is 0.297 e. The van der Waals surface area contributed by atoms with Gasteiger partial charge in [0.2, 0.25) is 0 Å². The van der Waals surface area contributed by atoms with Gasteiger partial charge in [-0.1, -0.05) is 0 Å². The average Bonchev–Trinajstić information content (AvgIpc) is 3.40. The number of rotatable bonds is 5. The summed E-state index contributed by atoms with van der Waals surface area (Å²) in [7, 11) is -3.42. The summed E-state index contributed by atoms with van der Waals surface area (Å²) in [6.45, 7) is 5.01. The Morgan fingerprint density at radius 3 is 2.82 bits per heavy atom. The maximum atomic E-state index is 12.4. The zero-order valence-corrected chi connectivity index (χ0v) is 19.2. The standard InChI is InChI=1S/C22H23N7O3S/c1-22(2)6-8-32-21-27-18-12-24-16(10-19(18)29(21)22)9-15-5-7-23-20(26-15)14-11-25-28(13-14)33(30,31)17-3-4-17/h5,7,10-13,17H,3-4,6,8-9H2,1-2H3. The molecule has 170 valence electrons. The number of hydrogen-bond donors (Lipinski definition) is 0. The molecule has 1 aliphatic heterocycles. The molecule has 1 aliphatic carbocycles. The highest BCUT2D eigenvalue weighted by molar-refractivity contribution is 7.90. The van der Waals surface area contributed by atoms with Gasteiger partial charge in [-0.2, -0.15) is 14.2 Å². The molecule has 6 rings (SSSR count). The fourth-order valence-electron chi connectivity index (χ4n) is 4.18. The van der Waals surface area contributed by atoms with Crippen LogP contribution in [-0.4, -0.2) is 54.0 Å². The van der Waals surface area contributed by atoms with Crippen LogP contribution in [0.5, 0.6) is 6.01 Å². The molecule has 11 heteroatoms. The topological polar surface area (TPSA) is 118 Å². The van der Waals surface area contributed by atoms with Crippen LogP contribution in [0, 0.1) is 0 Å². The molecule has 0 N–H and O–H groups in total. The van der Waals surface area contributed by atoms with Crippen LogP contribution < -0.4 is 4.74 Å². The highest BCUT2D eigenvalue weighted by Crippen LogP contribution is 2.35. The van der Waals surface area contributed by atoms with Gasteiger partial charge in [0.1, 0.15) is 5.52 Å². The maximum absolute atomic E-state index is 12.4. The lowest BCUT2D eigenvalue weighted by Crippen LogP contribution is -2.33. The van der Waals surface area contributed by atoms with Crippen molar-refractivity contribution in [2.45, 2.75) is 50.3 Å². The normalized spacial score (nSPS) is 17.6. The Bertz CT molecular complexity index is 1480. The molecule has 0 saturated heterocycles. The monoisotopic (exact) mass is 465 g/mol. The Labute approximate surface area is 190 Å². The van der Waals surface area contributed by atoms with Gasteiger partial charge in [0.15, 0.2) is 5.82 Å². The third-order valence-electron chi connectivity index (χ3n) is 6.22.